The number of nitrogens with one attached hydrogen (secondary N) is 1. The molecular weight excluding hydrogens is 432 g/mol. The van der Waals surface area contributed by atoms with Crippen LogP contribution in [-0.4, -0.2) is 52.7 Å². The van der Waals surface area contributed by atoms with E-state index in [9.17, 15) is 19.5 Å². The summed E-state index contributed by atoms with van der Waals surface area (Å²) >= 11 is 0. The molecule has 0 aromatic heterocycles. The molecule has 2 aliphatic rings. The lowest BCUT2D eigenvalue weighted by molar-refractivity contribution is -0.157. The van der Waals surface area contributed by atoms with E-state index >= 15 is 0 Å². The summed E-state index contributed by atoms with van der Waals surface area (Å²) in [6.45, 7) is 5.29. The molecule has 178 valence electrons. The fourth-order valence-corrected chi connectivity index (χ4v) is 4.92. The second kappa shape index (κ2) is 9.33. The van der Waals surface area contributed by atoms with Gasteiger partial charge in [0, 0.05) is 12.5 Å². The molecule has 7 nitrogen and oxygen atoms in total. The second-order valence-electron chi connectivity index (χ2n) is 9.25. The van der Waals surface area contributed by atoms with Crippen LogP contribution in [0.2, 0.25) is 0 Å². The number of hydrogen-bond donors (Lipinski definition) is 2. The van der Waals surface area contributed by atoms with E-state index in [1.54, 1.807) is 19.1 Å². The van der Waals surface area contributed by atoms with Crippen LogP contribution in [0, 0.1) is 5.92 Å². The van der Waals surface area contributed by atoms with Crippen molar-refractivity contribution in [3.8, 4) is 11.1 Å². The minimum Gasteiger partial charge on any atom is -0.480 e. The molecule has 2 amide bonds. The highest BCUT2D eigenvalue weighted by atomic mass is 16.5. The number of carboxylic acids is 1. The second-order valence-corrected chi connectivity index (χ2v) is 9.25. The van der Waals surface area contributed by atoms with Gasteiger partial charge in [-0.1, -0.05) is 60.7 Å². The van der Waals surface area contributed by atoms with E-state index in [1.165, 1.54) is 18.7 Å². The molecule has 2 aromatic rings. The molecule has 2 unspecified atom stereocenters. The van der Waals surface area contributed by atoms with Gasteiger partial charge in [-0.3, -0.25) is 4.79 Å². The van der Waals surface area contributed by atoms with Crippen molar-refractivity contribution < 1.29 is 24.2 Å². The number of carbonyl (C=O) groups excluding carboxylic acids is 2. The number of fused-ring (bicyclic) bond motifs is 3. The maximum absolute atomic E-state index is 13.0. The maximum Gasteiger partial charge on any atom is 0.407 e. The summed E-state index contributed by atoms with van der Waals surface area (Å²) in [5.74, 6) is -1.83. The molecule has 4 rings (SSSR count). The van der Waals surface area contributed by atoms with Gasteiger partial charge in [0.15, 0.2) is 0 Å². The monoisotopic (exact) mass is 462 g/mol. The Hall–Kier alpha value is -3.61. The first-order valence-electron chi connectivity index (χ1n) is 11.6. The number of rotatable bonds is 7. The van der Waals surface area contributed by atoms with E-state index in [4.69, 9.17) is 4.74 Å². The molecule has 34 heavy (non-hydrogen) atoms. The van der Waals surface area contributed by atoms with Crippen molar-refractivity contribution in [3.05, 3.63) is 71.8 Å². The quantitative estimate of drug-likeness (QED) is 0.602. The number of amides is 2. The summed E-state index contributed by atoms with van der Waals surface area (Å²) in [6, 6.07) is 15.9. The van der Waals surface area contributed by atoms with E-state index in [-0.39, 0.29) is 31.0 Å². The molecule has 0 bridgehead atoms. The van der Waals surface area contributed by atoms with Gasteiger partial charge in [0.2, 0.25) is 5.91 Å². The number of carboxylic acid groups (broad SMARTS) is 1. The van der Waals surface area contributed by atoms with Gasteiger partial charge in [-0.05, 0) is 49.4 Å². The molecule has 2 N–H and O–H groups in total. The zero-order chi connectivity index (χ0) is 24.5. The minimum atomic E-state index is -1.31. The summed E-state index contributed by atoms with van der Waals surface area (Å²) in [5.41, 5.74) is 3.30. The summed E-state index contributed by atoms with van der Waals surface area (Å²) in [6.07, 6.45) is 3.33. The van der Waals surface area contributed by atoms with E-state index in [2.05, 4.69) is 29.6 Å². The third kappa shape index (κ3) is 4.30. The Balaban J connectivity index is 1.34. The van der Waals surface area contributed by atoms with Gasteiger partial charge in [0.25, 0.3) is 0 Å². The van der Waals surface area contributed by atoms with Crippen molar-refractivity contribution in [1.82, 2.24) is 10.2 Å². The molecular formula is C27H30N2O5. The van der Waals surface area contributed by atoms with Gasteiger partial charge in [-0.25, -0.2) is 9.59 Å². The highest BCUT2D eigenvalue weighted by molar-refractivity contribution is 5.89. The van der Waals surface area contributed by atoms with Crippen LogP contribution < -0.4 is 5.32 Å². The topological polar surface area (TPSA) is 95.9 Å². The number of benzene rings is 2. The molecule has 2 aromatic carbocycles. The molecule has 0 heterocycles. The van der Waals surface area contributed by atoms with Crippen LogP contribution in [0.1, 0.15) is 44.2 Å². The fourth-order valence-electron chi connectivity index (χ4n) is 4.92. The van der Waals surface area contributed by atoms with Crippen molar-refractivity contribution in [3.63, 3.8) is 0 Å². The van der Waals surface area contributed by atoms with Gasteiger partial charge in [0.05, 0.1) is 12.0 Å². The van der Waals surface area contributed by atoms with Crippen molar-refractivity contribution in [1.29, 1.82) is 0 Å². The standard InChI is InChI=1S/C27H30N2O5/c1-4-29(27(2,3)25(31)32)24(30)17-13-14-18(15-17)28-26(33)34-16-23-21-11-7-5-9-19(21)20-10-6-8-12-22(20)23/h5-14,17-18,23H,4,15-16H2,1-3H3,(H,28,33)(H,31,32). The van der Waals surface area contributed by atoms with Gasteiger partial charge in [0.1, 0.15) is 12.1 Å². The highest BCUT2D eigenvalue weighted by Gasteiger charge is 2.40. The van der Waals surface area contributed by atoms with Crippen LogP contribution >= 0.6 is 0 Å². The Kier molecular flexibility index (Phi) is 6.46. The van der Waals surface area contributed by atoms with Gasteiger partial charge in [-0.15, -0.1) is 0 Å². The summed E-state index contributed by atoms with van der Waals surface area (Å²) in [5, 5.41) is 12.3. The molecule has 0 saturated heterocycles. The van der Waals surface area contributed by atoms with Crippen LogP contribution in [0.4, 0.5) is 4.79 Å². The van der Waals surface area contributed by atoms with E-state index < -0.39 is 23.5 Å². The summed E-state index contributed by atoms with van der Waals surface area (Å²) in [4.78, 5) is 38.5. The Labute approximate surface area is 199 Å². The molecule has 0 radical (unpaired) electrons. The Morgan fingerprint density at radius 2 is 1.62 bits per heavy atom. The Morgan fingerprint density at radius 1 is 1.03 bits per heavy atom. The molecule has 0 spiro atoms. The number of aliphatic carboxylic acids is 1. The van der Waals surface area contributed by atoms with Crippen molar-refractivity contribution in [2.24, 2.45) is 5.92 Å². The number of hydrogen-bond acceptors (Lipinski definition) is 4. The average Bonchev–Trinajstić information content (AvgIpc) is 3.40. The zero-order valence-electron chi connectivity index (χ0n) is 19.7. The summed E-state index contributed by atoms with van der Waals surface area (Å²) < 4.78 is 5.59. The zero-order valence-corrected chi connectivity index (χ0v) is 19.7. The van der Waals surface area contributed by atoms with Gasteiger partial charge < -0.3 is 20.1 Å². The molecule has 7 heteroatoms. The van der Waals surface area contributed by atoms with Crippen LogP contribution in [0.3, 0.4) is 0 Å². The van der Waals surface area contributed by atoms with E-state index in [0.29, 0.717) is 6.42 Å². The molecule has 2 aliphatic carbocycles. The first-order valence-corrected chi connectivity index (χ1v) is 11.6. The average molecular weight is 463 g/mol. The van der Waals surface area contributed by atoms with Crippen LogP contribution in [0.25, 0.3) is 11.1 Å². The summed E-state index contributed by atoms with van der Waals surface area (Å²) in [7, 11) is 0. The smallest absolute Gasteiger partial charge is 0.407 e. The molecule has 0 fully saturated rings. The first kappa shape index (κ1) is 23.5. The lowest BCUT2D eigenvalue weighted by Gasteiger charge is -2.35. The number of alkyl carbamates (subject to hydrolysis) is 1. The lowest BCUT2D eigenvalue weighted by Crippen LogP contribution is -2.54. The number of ether oxygens (including phenoxy) is 1. The first-order chi connectivity index (χ1) is 16.2. The van der Waals surface area contributed by atoms with E-state index in [1.807, 2.05) is 24.3 Å². The largest absolute Gasteiger partial charge is 0.480 e. The maximum atomic E-state index is 13.0. The van der Waals surface area contributed by atoms with Crippen LogP contribution in [0.5, 0.6) is 0 Å². The molecule has 0 saturated carbocycles. The Bertz CT molecular complexity index is 1090. The minimum absolute atomic E-state index is 0.0250. The molecule has 2 atom stereocenters. The van der Waals surface area contributed by atoms with Crippen molar-refractivity contribution >= 4 is 18.0 Å². The predicted molar refractivity (Wildman–Crippen MR) is 128 cm³/mol. The SMILES string of the molecule is CCN(C(=O)C1C=CC(NC(=O)OCC2c3ccccc3-c3ccccc32)C1)C(C)(C)C(=O)O. The van der Waals surface area contributed by atoms with E-state index in [0.717, 1.165) is 22.3 Å². The van der Waals surface area contributed by atoms with Gasteiger partial charge >= 0.3 is 12.1 Å². The van der Waals surface area contributed by atoms with Crippen molar-refractivity contribution in [2.75, 3.05) is 13.2 Å². The third-order valence-electron chi connectivity index (χ3n) is 6.83. The van der Waals surface area contributed by atoms with Crippen LogP contribution in [0.15, 0.2) is 60.7 Å². The number of nitrogens with zero attached hydrogens (tertiary/aromatic N) is 1. The third-order valence-corrected chi connectivity index (χ3v) is 6.83. The molecule has 0 aliphatic heterocycles. The normalized spacial score (nSPS) is 18.8. The lowest BCUT2D eigenvalue weighted by atomic mass is 9.98. The number of likely N-dealkylation sites (N-methyl/N-ethyl adjacent to an activating group) is 1. The van der Waals surface area contributed by atoms with Gasteiger partial charge in [-0.2, -0.15) is 0 Å². The number of carbonyl (C=O) groups is 3. The highest BCUT2D eigenvalue weighted by Crippen LogP contribution is 2.44. The fraction of sp³-hybridized carbons (Fsp3) is 0.370. The van der Waals surface area contributed by atoms with Crippen LogP contribution in [-0.2, 0) is 14.3 Å². The Morgan fingerprint density at radius 3 is 2.18 bits per heavy atom. The predicted octanol–water partition coefficient (Wildman–Crippen LogP) is 4.18. The van der Waals surface area contributed by atoms with Crippen molar-refractivity contribution in [2.45, 2.75) is 44.7 Å².